The van der Waals surface area contributed by atoms with Crippen molar-refractivity contribution in [1.29, 1.82) is 0 Å². The lowest BCUT2D eigenvalue weighted by atomic mass is 10.0. The van der Waals surface area contributed by atoms with Crippen molar-refractivity contribution in [3.05, 3.63) is 107 Å². The van der Waals surface area contributed by atoms with Gasteiger partial charge in [0, 0.05) is 70.3 Å². The van der Waals surface area contributed by atoms with Gasteiger partial charge >= 0.3 is 5.69 Å². The van der Waals surface area contributed by atoms with E-state index in [1.165, 1.54) is 28.6 Å². The SMILES string of the molecule is CCNC(=O)c1cnc(Nc2ccc(C(=O)N(C)C3CCN(c4ccc5c(c4)n(C)c(=O)n5C4CCC(=O)NC4=O)CC3)cn2)cc1Nc1cccc(-c2ncc(F)cn2)c1OC. The van der Waals surface area contributed by atoms with Crippen LogP contribution >= 0.6 is 0 Å². The Kier molecular flexibility index (Phi) is 11.8. The van der Waals surface area contributed by atoms with Crippen LogP contribution < -0.4 is 36.6 Å². The largest absolute Gasteiger partial charge is 0.494 e. The fourth-order valence-corrected chi connectivity index (χ4v) is 8.08. The Hall–Kier alpha value is -7.70. The fourth-order valence-electron chi connectivity index (χ4n) is 8.08. The van der Waals surface area contributed by atoms with Crippen LogP contribution in [0.1, 0.15) is 59.4 Å². The number of nitrogens with one attached hydrogen (secondary N) is 4. The van der Waals surface area contributed by atoms with Crippen molar-refractivity contribution >= 4 is 63.4 Å². The maximum atomic E-state index is 13.7. The van der Waals surface area contributed by atoms with Crippen LogP contribution in [0.15, 0.2) is 84.2 Å². The van der Waals surface area contributed by atoms with Crippen LogP contribution in [0.5, 0.6) is 5.75 Å². The number of imidazole rings is 1. The molecule has 63 heavy (non-hydrogen) atoms. The molecule has 4 aromatic heterocycles. The zero-order valence-electron chi connectivity index (χ0n) is 35.0. The van der Waals surface area contributed by atoms with Crippen molar-refractivity contribution in [3.8, 4) is 17.1 Å². The fraction of sp³-hybridized carbons (Fsp3) is 0.295. The highest BCUT2D eigenvalue weighted by molar-refractivity contribution is 6.01. The van der Waals surface area contributed by atoms with Gasteiger partial charge in [-0.15, -0.1) is 0 Å². The number of amides is 4. The number of benzene rings is 2. The number of rotatable bonds is 12. The number of carbonyl (C=O) groups is 4. The van der Waals surface area contributed by atoms with Crippen LogP contribution in [0.2, 0.25) is 0 Å². The summed E-state index contributed by atoms with van der Waals surface area (Å²) >= 11 is 0. The number of piperidine rings is 2. The lowest BCUT2D eigenvalue weighted by Crippen LogP contribution is -2.45. The maximum absolute atomic E-state index is 13.7. The molecule has 0 saturated carbocycles. The van der Waals surface area contributed by atoms with Crippen LogP contribution in [-0.2, 0) is 16.6 Å². The number of aryl methyl sites for hydroxylation is 1. The van der Waals surface area contributed by atoms with Gasteiger partial charge in [0.1, 0.15) is 17.7 Å². The normalized spacial score (nSPS) is 15.5. The molecule has 2 fully saturated rings. The molecule has 2 saturated heterocycles. The monoisotopic (exact) mass is 856 g/mol. The van der Waals surface area contributed by atoms with Gasteiger partial charge in [0.25, 0.3) is 11.8 Å². The summed E-state index contributed by atoms with van der Waals surface area (Å²) in [4.78, 5) is 85.5. The summed E-state index contributed by atoms with van der Waals surface area (Å²) in [5.74, 6) is -0.480. The van der Waals surface area contributed by atoms with Crippen molar-refractivity contribution in [2.24, 2.45) is 7.05 Å². The number of aromatic nitrogens is 6. The van der Waals surface area contributed by atoms with E-state index < -0.39 is 17.8 Å². The lowest BCUT2D eigenvalue weighted by Gasteiger charge is -2.38. The standard InChI is InChI=1S/C44H45FN12O6/c1-5-46-41(59)30-24-48-37(20-32(30)51-31-8-6-7-29(39(31)63-4)40-49-22-26(45)23-50-40)52-36-13-9-25(21-47-36)43(61)54(2)27-15-17-56(18-16-27)28-10-11-33-35(19-28)55(3)44(62)57(33)34-12-14-38(58)53-42(34)60/h6-11,13,19-24,27,34H,5,12,14-18H2,1-4H3,(H,46,59)(H,53,58,60)(H2,47,48,51,52). The van der Waals surface area contributed by atoms with E-state index in [1.54, 1.807) is 55.4 Å². The lowest BCUT2D eigenvalue weighted by molar-refractivity contribution is -0.135. The summed E-state index contributed by atoms with van der Waals surface area (Å²) < 4.78 is 22.3. The molecular weight excluding hydrogens is 812 g/mol. The van der Waals surface area contributed by atoms with E-state index in [0.717, 1.165) is 18.1 Å². The molecule has 0 radical (unpaired) electrons. The predicted molar refractivity (Wildman–Crippen MR) is 233 cm³/mol. The van der Waals surface area contributed by atoms with Crippen molar-refractivity contribution in [3.63, 3.8) is 0 Å². The van der Waals surface area contributed by atoms with Crippen molar-refractivity contribution in [2.75, 3.05) is 49.3 Å². The molecule has 2 aliphatic rings. The third kappa shape index (κ3) is 8.49. The highest BCUT2D eigenvalue weighted by atomic mass is 19.1. The molecule has 2 aliphatic heterocycles. The summed E-state index contributed by atoms with van der Waals surface area (Å²) in [6, 6.07) is 15.3. The zero-order chi connectivity index (χ0) is 44.4. The molecule has 0 aliphatic carbocycles. The first-order valence-corrected chi connectivity index (χ1v) is 20.4. The Morgan fingerprint density at radius 2 is 1.65 bits per heavy atom. The molecule has 4 amide bonds. The number of anilines is 5. The Balaban J connectivity index is 0.926. The topological polar surface area (TPSA) is 211 Å². The van der Waals surface area contributed by atoms with Gasteiger partial charge in [0.2, 0.25) is 11.8 Å². The molecular formula is C44H45FN12O6. The summed E-state index contributed by atoms with van der Waals surface area (Å²) in [7, 11) is 4.95. The molecule has 18 nitrogen and oxygen atoms in total. The van der Waals surface area contributed by atoms with E-state index in [0.29, 0.717) is 83.4 Å². The van der Waals surface area contributed by atoms with Crippen LogP contribution in [0.25, 0.3) is 22.4 Å². The van der Waals surface area contributed by atoms with Crippen LogP contribution in [0, 0.1) is 5.82 Å². The van der Waals surface area contributed by atoms with E-state index in [-0.39, 0.29) is 53.7 Å². The highest BCUT2D eigenvalue weighted by Gasteiger charge is 2.32. The molecule has 6 heterocycles. The molecule has 6 aromatic rings. The Bertz CT molecular complexity index is 2780. The molecule has 324 valence electrons. The molecule has 4 N–H and O–H groups in total. The average molecular weight is 857 g/mol. The second-order valence-corrected chi connectivity index (χ2v) is 15.3. The number of ether oxygens (including phenoxy) is 1. The second-order valence-electron chi connectivity index (χ2n) is 15.3. The van der Waals surface area contributed by atoms with Gasteiger partial charge in [0.15, 0.2) is 17.4 Å². The molecule has 8 rings (SSSR count). The highest BCUT2D eigenvalue weighted by Crippen LogP contribution is 2.38. The first-order chi connectivity index (χ1) is 30.4. The number of imide groups is 1. The summed E-state index contributed by atoms with van der Waals surface area (Å²) in [6.07, 6.45) is 6.96. The number of para-hydroxylation sites is 1. The minimum absolute atomic E-state index is 0.0191. The molecule has 2 aromatic carbocycles. The number of carbonyl (C=O) groups excluding carboxylic acids is 4. The van der Waals surface area contributed by atoms with Gasteiger partial charge in [-0.05, 0) is 68.7 Å². The summed E-state index contributed by atoms with van der Waals surface area (Å²) in [5, 5.41) is 11.6. The number of hydrogen-bond acceptors (Lipinski definition) is 13. The summed E-state index contributed by atoms with van der Waals surface area (Å²) in [6.45, 7) is 3.57. The van der Waals surface area contributed by atoms with Crippen molar-refractivity contribution in [1.82, 2.24) is 44.6 Å². The third-order valence-corrected chi connectivity index (χ3v) is 11.4. The minimum atomic E-state index is -0.753. The van der Waals surface area contributed by atoms with Crippen molar-refractivity contribution < 1.29 is 28.3 Å². The van der Waals surface area contributed by atoms with Gasteiger partial charge in [-0.3, -0.25) is 33.6 Å². The Morgan fingerprint density at radius 3 is 2.35 bits per heavy atom. The second kappa shape index (κ2) is 17.7. The first-order valence-electron chi connectivity index (χ1n) is 20.4. The first kappa shape index (κ1) is 42.0. The maximum Gasteiger partial charge on any atom is 0.329 e. The third-order valence-electron chi connectivity index (χ3n) is 11.4. The van der Waals surface area contributed by atoms with Gasteiger partial charge < -0.3 is 30.5 Å². The Morgan fingerprint density at radius 1 is 0.889 bits per heavy atom. The van der Waals surface area contributed by atoms with Crippen LogP contribution in [-0.4, -0.2) is 97.4 Å². The smallest absolute Gasteiger partial charge is 0.329 e. The van der Waals surface area contributed by atoms with E-state index in [1.807, 2.05) is 25.1 Å². The number of fused-ring (bicyclic) bond motifs is 1. The molecule has 0 spiro atoms. The van der Waals surface area contributed by atoms with Crippen LogP contribution in [0.3, 0.4) is 0 Å². The van der Waals surface area contributed by atoms with E-state index >= 15 is 0 Å². The molecule has 1 unspecified atom stereocenters. The van der Waals surface area contributed by atoms with Crippen LogP contribution in [0.4, 0.5) is 33.1 Å². The summed E-state index contributed by atoms with van der Waals surface area (Å²) in [5.41, 5.74) is 4.02. The van der Waals surface area contributed by atoms with E-state index in [2.05, 4.69) is 46.1 Å². The quantitative estimate of drug-likeness (QED) is 0.123. The van der Waals surface area contributed by atoms with Gasteiger partial charge in [-0.25, -0.2) is 29.1 Å². The average Bonchev–Trinajstić information content (AvgIpc) is 3.54. The van der Waals surface area contributed by atoms with E-state index in [4.69, 9.17) is 4.74 Å². The number of halogens is 1. The number of hydrogen-bond donors (Lipinski definition) is 4. The van der Waals surface area contributed by atoms with E-state index in [9.17, 15) is 28.4 Å². The molecule has 1 atom stereocenters. The number of methoxy groups -OCH3 is 1. The predicted octanol–water partition coefficient (Wildman–Crippen LogP) is 4.69. The van der Waals surface area contributed by atoms with Gasteiger partial charge in [-0.1, -0.05) is 6.07 Å². The molecule has 0 bridgehead atoms. The van der Waals surface area contributed by atoms with Gasteiger partial charge in [0.05, 0.1) is 58.6 Å². The Labute approximate surface area is 360 Å². The number of nitrogens with zero attached hydrogens (tertiary/aromatic N) is 8. The zero-order valence-corrected chi connectivity index (χ0v) is 35.0. The molecule has 19 heteroatoms. The van der Waals surface area contributed by atoms with Crippen molar-refractivity contribution in [2.45, 2.75) is 44.7 Å². The van der Waals surface area contributed by atoms with Gasteiger partial charge in [-0.2, -0.15) is 0 Å². The number of pyridine rings is 2. The minimum Gasteiger partial charge on any atom is -0.494 e.